The van der Waals surface area contributed by atoms with E-state index in [-0.39, 0.29) is 11.9 Å². The Labute approximate surface area is 247 Å². The molecule has 5 aromatic carbocycles. The van der Waals surface area contributed by atoms with Crippen LogP contribution < -0.4 is 9.47 Å². The Hall–Kier alpha value is -4.96. The van der Waals surface area contributed by atoms with Gasteiger partial charge in [0.1, 0.15) is 11.5 Å². The van der Waals surface area contributed by atoms with Crippen LogP contribution in [0.1, 0.15) is 66.6 Å². The lowest BCUT2D eigenvalue weighted by atomic mass is 9.71. The molecule has 0 aliphatic heterocycles. The second kappa shape index (κ2) is 11.9. The molecule has 0 N–H and O–H groups in total. The lowest BCUT2D eigenvalue weighted by molar-refractivity contribution is 0.0725. The number of esters is 2. The number of aryl methyl sites for hydroxylation is 4. The minimum atomic E-state index is -0.519. The molecule has 42 heavy (non-hydrogen) atoms. The summed E-state index contributed by atoms with van der Waals surface area (Å²) in [6, 6.07) is 36.6. The van der Waals surface area contributed by atoms with Crippen LogP contribution >= 0.6 is 0 Å². The van der Waals surface area contributed by atoms with Gasteiger partial charge in [-0.3, -0.25) is 0 Å². The molecule has 0 spiro atoms. The average molecular weight is 555 g/mol. The first-order chi connectivity index (χ1) is 20.1. The van der Waals surface area contributed by atoms with Gasteiger partial charge in [0.05, 0.1) is 11.1 Å². The van der Waals surface area contributed by atoms with Crippen LogP contribution in [-0.2, 0) is 5.41 Å². The molecule has 0 aliphatic carbocycles. The van der Waals surface area contributed by atoms with Crippen molar-refractivity contribution in [3.63, 3.8) is 0 Å². The normalized spacial score (nSPS) is 11.2. The second-order valence-electron chi connectivity index (χ2n) is 10.9. The van der Waals surface area contributed by atoms with Crippen molar-refractivity contribution in [2.75, 3.05) is 0 Å². The van der Waals surface area contributed by atoms with Crippen molar-refractivity contribution in [2.45, 2.75) is 40.0 Å². The van der Waals surface area contributed by atoms with Gasteiger partial charge >= 0.3 is 11.9 Å². The summed E-state index contributed by atoms with van der Waals surface area (Å²) in [5, 5.41) is 0. The molecule has 0 aromatic heterocycles. The zero-order chi connectivity index (χ0) is 29.9. The minimum Gasteiger partial charge on any atom is -0.423 e. The number of carbonyl (C=O) groups is 2. The Morgan fingerprint density at radius 2 is 0.857 bits per heavy atom. The SMILES string of the molecule is Cc1ccc(C(=O)Oc2ccc(C(C)(c3ccccc3)c3ccc(OC(=O)c4ccc(C)c(C)c4)cc3)cc2)cc1C. The van der Waals surface area contributed by atoms with Crippen LogP contribution in [0, 0.1) is 27.7 Å². The van der Waals surface area contributed by atoms with E-state index in [1.165, 1.54) is 0 Å². The Morgan fingerprint density at radius 3 is 1.24 bits per heavy atom. The largest absolute Gasteiger partial charge is 0.423 e. The highest BCUT2D eigenvalue weighted by molar-refractivity contribution is 5.92. The van der Waals surface area contributed by atoms with Crippen molar-refractivity contribution in [3.8, 4) is 11.5 Å². The number of hydrogen-bond acceptors (Lipinski definition) is 4. The van der Waals surface area contributed by atoms with E-state index in [1.807, 2.05) is 119 Å². The van der Waals surface area contributed by atoms with Crippen molar-refractivity contribution in [2.24, 2.45) is 0 Å². The van der Waals surface area contributed by atoms with Gasteiger partial charge in [-0.2, -0.15) is 0 Å². The lowest BCUT2D eigenvalue weighted by Gasteiger charge is -2.32. The Kier molecular flexibility index (Phi) is 8.08. The van der Waals surface area contributed by atoms with E-state index >= 15 is 0 Å². The molecule has 5 aromatic rings. The van der Waals surface area contributed by atoms with Crippen LogP contribution in [-0.4, -0.2) is 11.9 Å². The predicted molar refractivity (Wildman–Crippen MR) is 167 cm³/mol. The monoisotopic (exact) mass is 554 g/mol. The quantitative estimate of drug-likeness (QED) is 0.115. The van der Waals surface area contributed by atoms with E-state index < -0.39 is 5.41 Å². The van der Waals surface area contributed by atoms with Crippen molar-refractivity contribution in [1.29, 1.82) is 0 Å². The predicted octanol–water partition coefficient (Wildman–Crippen LogP) is 8.71. The van der Waals surface area contributed by atoms with Gasteiger partial charge in [0.15, 0.2) is 0 Å². The molecular formula is C38H34O4. The third-order valence-electron chi connectivity index (χ3n) is 8.12. The van der Waals surface area contributed by atoms with Crippen LogP contribution in [0.25, 0.3) is 0 Å². The minimum absolute atomic E-state index is 0.386. The van der Waals surface area contributed by atoms with E-state index in [9.17, 15) is 9.59 Å². The molecule has 0 bridgehead atoms. The summed E-state index contributed by atoms with van der Waals surface area (Å²) in [4.78, 5) is 25.5. The number of rotatable bonds is 7. The van der Waals surface area contributed by atoms with Crippen LogP contribution in [0.5, 0.6) is 11.5 Å². The first-order valence-electron chi connectivity index (χ1n) is 14.0. The highest BCUT2D eigenvalue weighted by Gasteiger charge is 2.31. The molecule has 0 fully saturated rings. The van der Waals surface area contributed by atoms with Crippen molar-refractivity contribution >= 4 is 11.9 Å². The molecule has 0 heterocycles. The molecule has 0 aliphatic rings. The highest BCUT2D eigenvalue weighted by atomic mass is 16.5. The molecule has 0 saturated heterocycles. The smallest absolute Gasteiger partial charge is 0.343 e. The average Bonchev–Trinajstić information content (AvgIpc) is 3.00. The molecule has 0 atom stereocenters. The molecule has 5 rings (SSSR count). The van der Waals surface area contributed by atoms with Crippen LogP contribution in [0.4, 0.5) is 0 Å². The maximum Gasteiger partial charge on any atom is 0.343 e. The fourth-order valence-electron chi connectivity index (χ4n) is 5.05. The standard InChI is InChI=1S/C38H34O4/c1-25-11-13-29(23-27(25)3)36(39)41-34-19-15-32(16-20-34)38(5,31-9-7-6-8-10-31)33-17-21-35(22-18-33)42-37(40)30-14-12-26(2)28(4)24-30/h6-24H,1-5H3. The molecule has 4 heteroatoms. The summed E-state index contributed by atoms with van der Waals surface area (Å²) in [5.74, 6) is 0.183. The van der Waals surface area contributed by atoms with Crippen LogP contribution in [0.3, 0.4) is 0 Å². The van der Waals surface area contributed by atoms with E-state index in [0.717, 1.165) is 38.9 Å². The molecule has 4 nitrogen and oxygen atoms in total. The van der Waals surface area contributed by atoms with Gasteiger partial charge in [0, 0.05) is 5.41 Å². The van der Waals surface area contributed by atoms with E-state index in [1.54, 1.807) is 12.1 Å². The van der Waals surface area contributed by atoms with E-state index in [0.29, 0.717) is 22.6 Å². The summed E-state index contributed by atoms with van der Waals surface area (Å²) < 4.78 is 11.4. The Balaban J connectivity index is 1.40. The highest BCUT2D eigenvalue weighted by Crippen LogP contribution is 2.40. The molecule has 0 unspecified atom stereocenters. The summed E-state index contributed by atoms with van der Waals surface area (Å²) in [5.41, 5.74) is 8.03. The molecular weight excluding hydrogens is 520 g/mol. The maximum absolute atomic E-state index is 12.8. The number of carbonyl (C=O) groups excluding carboxylic acids is 2. The zero-order valence-corrected chi connectivity index (χ0v) is 24.6. The molecule has 0 radical (unpaired) electrons. The lowest BCUT2D eigenvalue weighted by Crippen LogP contribution is -2.25. The van der Waals surface area contributed by atoms with Gasteiger partial charge in [-0.05, 0) is 122 Å². The summed E-state index contributed by atoms with van der Waals surface area (Å²) in [6.07, 6.45) is 0. The van der Waals surface area contributed by atoms with Gasteiger partial charge in [0.2, 0.25) is 0 Å². The first-order valence-corrected chi connectivity index (χ1v) is 14.0. The number of ether oxygens (including phenoxy) is 2. The first kappa shape index (κ1) is 28.6. The second-order valence-corrected chi connectivity index (χ2v) is 10.9. The van der Waals surface area contributed by atoms with E-state index in [4.69, 9.17) is 9.47 Å². The summed E-state index contributed by atoms with van der Waals surface area (Å²) >= 11 is 0. The van der Waals surface area contributed by atoms with Crippen molar-refractivity contribution in [3.05, 3.63) is 165 Å². The van der Waals surface area contributed by atoms with Gasteiger partial charge in [0.25, 0.3) is 0 Å². The van der Waals surface area contributed by atoms with Gasteiger partial charge in [-0.25, -0.2) is 9.59 Å². The maximum atomic E-state index is 12.8. The molecule has 0 saturated carbocycles. The topological polar surface area (TPSA) is 52.6 Å². The fourth-order valence-corrected chi connectivity index (χ4v) is 5.05. The summed E-state index contributed by atoms with van der Waals surface area (Å²) in [6.45, 7) is 10.1. The van der Waals surface area contributed by atoms with Crippen molar-refractivity contribution < 1.29 is 19.1 Å². The molecule has 0 amide bonds. The number of hydrogen-bond donors (Lipinski definition) is 0. The van der Waals surface area contributed by atoms with Gasteiger partial charge in [-0.1, -0.05) is 66.7 Å². The van der Waals surface area contributed by atoms with Crippen LogP contribution in [0.15, 0.2) is 115 Å². The molecule has 210 valence electrons. The Morgan fingerprint density at radius 1 is 0.476 bits per heavy atom. The number of benzene rings is 5. The summed E-state index contributed by atoms with van der Waals surface area (Å²) in [7, 11) is 0. The van der Waals surface area contributed by atoms with Crippen LogP contribution in [0.2, 0.25) is 0 Å². The van der Waals surface area contributed by atoms with E-state index in [2.05, 4.69) is 19.1 Å². The third kappa shape index (κ3) is 5.89. The Bertz CT molecular complexity index is 1620. The third-order valence-corrected chi connectivity index (χ3v) is 8.12. The van der Waals surface area contributed by atoms with Gasteiger partial charge in [-0.15, -0.1) is 0 Å². The van der Waals surface area contributed by atoms with Gasteiger partial charge < -0.3 is 9.47 Å². The van der Waals surface area contributed by atoms with Crippen molar-refractivity contribution in [1.82, 2.24) is 0 Å². The zero-order valence-electron chi connectivity index (χ0n) is 24.6. The fraction of sp³-hybridized carbons (Fsp3) is 0.158.